The predicted molar refractivity (Wildman–Crippen MR) is 73.4 cm³/mol. The molecule has 1 saturated heterocycles. The van der Waals surface area contributed by atoms with Crippen LogP contribution >= 0.6 is 11.6 Å². The Morgan fingerprint density at radius 1 is 1.47 bits per heavy atom. The van der Waals surface area contributed by atoms with Crippen LogP contribution in [0.25, 0.3) is 0 Å². The van der Waals surface area contributed by atoms with Crippen molar-refractivity contribution >= 4 is 27.2 Å². The molecule has 1 aromatic carbocycles. The maximum atomic E-state index is 12.2. The molecule has 6 heteroatoms. The van der Waals surface area contributed by atoms with Crippen molar-refractivity contribution in [3.05, 3.63) is 34.9 Å². The topological polar surface area (TPSA) is 60.4 Å². The summed E-state index contributed by atoms with van der Waals surface area (Å²) in [6.07, 6.45) is 0.101. The summed E-state index contributed by atoms with van der Waals surface area (Å²) >= 11 is 5.79. The van der Waals surface area contributed by atoms with Gasteiger partial charge in [0.1, 0.15) is 5.75 Å². The molecular weight excluding hydrogens is 288 g/mol. The van der Waals surface area contributed by atoms with Crippen LogP contribution < -0.4 is 0 Å². The van der Waals surface area contributed by atoms with Crippen LogP contribution in [-0.2, 0) is 14.6 Å². The average molecular weight is 303 g/mol. The van der Waals surface area contributed by atoms with Crippen LogP contribution in [0.2, 0.25) is 5.02 Å². The molecule has 1 aliphatic heterocycles. The quantitative estimate of drug-likeness (QED) is 0.799. The second-order valence-corrected chi connectivity index (χ2v) is 7.30. The molecule has 19 heavy (non-hydrogen) atoms. The maximum Gasteiger partial charge on any atom is 0.177 e. The van der Waals surface area contributed by atoms with E-state index in [-0.39, 0.29) is 6.10 Å². The van der Waals surface area contributed by atoms with E-state index in [0.29, 0.717) is 23.6 Å². The van der Waals surface area contributed by atoms with Gasteiger partial charge in [-0.1, -0.05) is 23.7 Å². The second kappa shape index (κ2) is 5.61. The molecule has 0 N–H and O–H groups in total. The Labute approximate surface area is 117 Å². The molecule has 104 valence electrons. The van der Waals surface area contributed by atoms with Gasteiger partial charge in [0.05, 0.1) is 11.4 Å². The van der Waals surface area contributed by atoms with E-state index in [9.17, 15) is 13.2 Å². The highest BCUT2D eigenvalue weighted by Crippen LogP contribution is 2.22. The number of carbonyl (C=O) groups excluding carboxylic acids is 1. The summed E-state index contributed by atoms with van der Waals surface area (Å²) in [6, 6.07) is 6.31. The van der Waals surface area contributed by atoms with Crippen molar-refractivity contribution in [2.24, 2.45) is 0 Å². The summed E-state index contributed by atoms with van der Waals surface area (Å²) in [6.45, 7) is 2.15. The van der Waals surface area contributed by atoms with Gasteiger partial charge in [0.25, 0.3) is 0 Å². The Kier molecular flexibility index (Phi) is 4.28. The van der Waals surface area contributed by atoms with Crippen molar-refractivity contribution in [3.63, 3.8) is 0 Å². The summed E-state index contributed by atoms with van der Waals surface area (Å²) in [4.78, 5) is 12.0. The number of sulfone groups is 1. The van der Waals surface area contributed by atoms with Gasteiger partial charge in [-0.2, -0.15) is 0 Å². The summed E-state index contributed by atoms with van der Waals surface area (Å²) in [5.74, 6) is -0.923. The first-order chi connectivity index (χ1) is 8.90. The number of Topliss-reactive ketones (excluding diaryl/α,β-unsaturated/α-hetero) is 1. The predicted octanol–water partition coefficient (Wildman–Crippen LogP) is 2.11. The van der Waals surface area contributed by atoms with Crippen molar-refractivity contribution in [2.75, 3.05) is 12.4 Å². The minimum absolute atomic E-state index is 0.322. The molecule has 2 rings (SSSR count). The highest BCUT2D eigenvalue weighted by atomic mass is 35.5. The van der Waals surface area contributed by atoms with Crippen LogP contribution in [0.4, 0.5) is 0 Å². The van der Waals surface area contributed by atoms with Crippen molar-refractivity contribution < 1.29 is 17.9 Å². The molecular formula is C13H15ClO4S. The van der Waals surface area contributed by atoms with E-state index in [2.05, 4.69) is 0 Å². The van der Waals surface area contributed by atoms with E-state index in [1.165, 1.54) is 6.07 Å². The number of hydrogen-bond acceptors (Lipinski definition) is 4. The van der Waals surface area contributed by atoms with Crippen LogP contribution in [-0.4, -0.2) is 37.9 Å². The third kappa shape index (κ3) is 3.35. The lowest BCUT2D eigenvalue weighted by Crippen LogP contribution is -2.32. The molecule has 0 amide bonds. The fourth-order valence-electron chi connectivity index (χ4n) is 2.22. The van der Waals surface area contributed by atoms with Gasteiger partial charge in [-0.25, -0.2) is 8.42 Å². The standard InChI is InChI=1S/C13H15ClO4S/c1-9-13(5-6-18-9)19(16,17)8-12(15)10-3-2-4-11(14)7-10/h2-4,7,9,13H,5-6,8H2,1H3. The molecule has 0 spiro atoms. The van der Waals surface area contributed by atoms with Crippen molar-refractivity contribution in [1.29, 1.82) is 0 Å². The van der Waals surface area contributed by atoms with Gasteiger partial charge >= 0.3 is 0 Å². The number of rotatable bonds is 4. The number of carbonyl (C=O) groups is 1. The minimum Gasteiger partial charge on any atom is -0.377 e. The summed E-state index contributed by atoms with van der Waals surface area (Å²) in [5, 5.41) is -0.170. The van der Waals surface area contributed by atoms with E-state index in [0.717, 1.165) is 0 Å². The molecule has 0 aliphatic carbocycles. The SMILES string of the molecule is CC1OCCC1S(=O)(=O)CC(=O)c1cccc(Cl)c1. The monoisotopic (exact) mass is 302 g/mol. The fourth-order valence-corrected chi connectivity index (χ4v) is 4.27. The van der Waals surface area contributed by atoms with Crippen molar-refractivity contribution in [2.45, 2.75) is 24.7 Å². The molecule has 1 fully saturated rings. The molecule has 1 heterocycles. The zero-order valence-corrected chi connectivity index (χ0v) is 12.1. The molecule has 0 aromatic heterocycles. The van der Waals surface area contributed by atoms with Gasteiger partial charge in [0, 0.05) is 17.2 Å². The molecule has 0 radical (unpaired) electrons. The van der Waals surface area contributed by atoms with Crippen molar-refractivity contribution in [1.82, 2.24) is 0 Å². The molecule has 0 saturated carbocycles. The van der Waals surface area contributed by atoms with Gasteiger partial charge in [0.15, 0.2) is 15.6 Å². The largest absolute Gasteiger partial charge is 0.377 e. The molecule has 0 bridgehead atoms. The summed E-state index contributed by atoms with van der Waals surface area (Å²) in [5.41, 5.74) is 0.322. The number of benzene rings is 1. The van der Waals surface area contributed by atoms with Crippen LogP contribution in [0.1, 0.15) is 23.7 Å². The zero-order valence-electron chi connectivity index (χ0n) is 10.5. The number of ether oxygens (including phenoxy) is 1. The molecule has 1 aromatic rings. The lowest BCUT2D eigenvalue weighted by Gasteiger charge is -2.14. The Balaban J connectivity index is 2.14. The normalized spacial score (nSPS) is 23.5. The molecule has 2 atom stereocenters. The van der Waals surface area contributed by atoms with Gasteiger partial charge in [0.2, 0.25) is 0 Å². The van der Waals surface area contributed by atoms with Crippen LogP contribution in [0.3, 0.4) is 0 Å². The van der Waals surface area contributed by atoms with E-state index in [4.69, 9.17) is 16.3 Å². The third-order valence-electron chi connectivity index (χ3n) is 3.25. The molecule has 1 aliphatic rings. The first-order valence-corrected chi connectivity index (χ1v) is 8.11. The lowest BCUT2D eigenvalue weighted by molar-refractivity contribution is 0.102. The number of ketones is 1. The van der Waals surface area contributed by atoms with E-state index in [1.807, 2.05) is 0 Å². The Morgan fingerprint density at radius 2 is 2.21 bits per heavy atom. The Morgan fingerprint density at radius 3 is 2.79 bits per heavy atom. The second-order valence-electron chi connectivity index (χ2n) is 4.64. The molecule has 2 unspecified atom stereocenters. The third-order valence-corrected chi connectivity index (χ3v) is 5.69. The maximum absolute atomic E-state index is 12.2. The van der Waals surface area contributed by atoms with Crippen LogP contribution in [0, 0.1) is 0 Å². The van der Waals surface area contributed by atoms with Gasteiger partial charge in [-0.15, -0.1) is 0 Å². The number of hydrogen-bond donors (Lipinski definition) is 0. The van der Waals surface area contributed by atoms with E-state index in [1.54, 1.807) is 25.1 Å². The van der Waals surface area contributed by atoms with Gasteiger partial charge in [-0.05, 0) is 25.5 Å². The highest BCUT2D eigenvalue weighted by molar-refractivity contribution is 7.92. The van der Waals surface area contributed by atoms with E-state index >= 15 is 0 Å². The van der Waals surface area contributed by atoms with Gasteiger partial charge < -0.3 is 4.74 Å². The highest BCUT2D eigenvalue weighted by Gasteiger charge is 2.36. The first-order valence-electron chi connectivity index (χ1n) is 6.02. The van der Waals surface area contributed by atoms with Gasteiger partial charge in [-0.3, -0.25) is 4.79 Å². The Bertz CT molecular complexity index is 582. The zero-order chi connectivity index (χ0) is 14.0. The smallest absolute Gasteiger partial charge is 0.177 e. The molecule has 4 nitrogen and oxygen atoms in total. The van der Waals surface area contributed by atoms with Crippen molar-refractivity contribution in [3.8, 4) is 0 Å². The van der Waals surface area contributed by atoms with Crippen LogP contribution in [0.15, 0.2) is 24.3 Å². The Hall–Kier alpha value is -0.910. The number of halogens is 1. The average Bonchev–Trinajstić information content (AvgIpc) is 2.75. The summed E-state index contributed by atoms with van der Waals surface area (Å²) < 4.78 is 29.6. The first kappa shape index (κ1) is 14.5. The summed E-state index contributed by atoms with van der Waals surface area (Å²) in [7, 11) is -3.49. The van der Waals surface area contributed by atoms with E-state index < -0.39 is 26.6 Å². The minimum atomic E-state index is -3.49. The fraction of sp³-hybridized carbons (Fsp3) is 0.462. The van der Waals surface area contributed by atoms with Crippen LogP contribution in [0.5, 0.6) is 0 Å². The lowest BCUT2D eigenvalue weighted by atomic mass is 10.1.